The molecule has 4 amide bonds. The van der Waals surface area contributed by atoms with Crippen molar-refractivity contribution in [3.05, 3.63) is 82.8 Å². The number of anilines is 2. The number of carbonyl (C=O) groups is 4. The van der Waals surface area contributed by atoms with Gasteiger partial charge in [0.2, 0.25) is 5.91 Å². The second kappa shape index (κ2) is 13.5. The van der Waals surface area contributed by atoms with Gasteiger partial charge in [-0.15, -0.1) is 0 Å². The summed E-state index contributed by atoms with van der Waals surface area (Å²) >= 11 is 0.741. The van der Waals surface area contributed by atoms with Crippen molar-refractivity contribution < 1.29 is 33.4 Å². The fourth-order valence-electron chi connectivity index (χ4n) is 3.93. The third kappa shape index (κ3) is 7.67. The zero-order chi connectivity index (χ0) is 29.4. The van der Waals surface area contributed by atoms with E-state index in [1.807, 2.05) is 32.0 Å². The molecule has 0 aromatic heterocycles. The summed E-state index contributed by atoms with van der Waals surface area (Å²) in [4.78, 5) is 51.5. The smallest absolute Gasteiger partial charge is 0.294 e. The number of methoxy groups -OCH3 is 1. The summed E-state index contributed by atoms with van der Waals surface area (Å²) in [5.41, 5.74) is 2.70. The van der Waals surface area contributed by atoms with Gasteiger partial charge >= 0.3 is 0 Å². The van der Waals surface area contributed by atoms with Crippen LogP contribution in [0.2, 0.25) is 0 Å². The van der Waals surface area contributed by atoms with Gasteiger partial charge in [0.15, 0.2) is 18.1 Å². The van der Waals surface area contributed by atoms with Crippen LogP contribution in [0.5, 0.6) is 17.2 Å². The van der Waals surface area contributed by atoms with Crippen LogP contribution in [0.3, 0.4) is 0 Å². The second-order valence-electron chi connectivity index (χ2n) is 8.86. The molecular weight excluding hydrogens is 546 g/mol. The summed E-state index contributed by atoms with van der Waals surface area (Å²) in [6.45, 7) is 3.41. The number of para-hydroxylation sites is 2. The number of imide groups is 1. The molecule has 0 bridgehead atoms. The highest BCUT2D eigenvalue weighted by Crippen LogP contribution is 2.35. The standard InChI is InChI=1S/C30H29N3O7S/c1-4-39-25-15-20(12-13-24(25)40-18-28(35)31-21-9-7-8-19(2)14-21)16-26-29(36)33(30(37)41-26)17-27(34)32-22-10-5-6-11-23(22)38-3/h5-16H,4,17-18H2,1-3H3,(H,31,35)(H,32,34)/b26-16+. The minimum absolute atomic E-state index is 0.161. The lowest BCUT2D eigenvalue weighted by Gasteiger charge is -2.14. The molecule has 4 rings (SSSR count). The predicted octanol–water partition coefficient (Wildman–Crippen LogP) is 5.09. The number of aryl methyl sites for hydroxylation is 1. The van der Waals surface area contributed by atoms with E-state index < -0.39 is 23.6 Å². The first-order valence-electron chi connectivity index (χ1n) is 12.7. The van der Waals surface area contributed by atoms with Crippen LogP contribution >= 0.6 is 11.8 Å². The minimum Gasteiger partial charge on any atom is -0.495 e. The highest BCUT2D eigenvalue weighted by molar-refractivity contribution is 8.18. The molecule has 212 valence electrons. The van der Waals surface area contributed by atoms with E-state index in [-0.39, 0.29) is 17.4 Å². The fraction of sp³-hybridized carbons (Fsp3) is 0.200. The van der Waals surface area contributed by atoms with Crippen LogP contribution in [0.4, 0.5) is 16.2 Å². The van der Waals surface area contributed by atoms with E-state index in [0.717, 1.165) is 22.2 Å². The molecule has 0 radical (unpaired) electrons. The minimum atomic E-state index is -0.582. The molecule has 3 aromatic rings. The number of hydrogen-bond donors (Lipinski definition) is 2. The van der Waals surface area contributed by atoms with Gasteiger partial charge in [-0.05, 0) is 79.2 Å². The molecule has 0 saturated carbocycles. The topological polar surface area (TPSA) is 123 Å². The Kier molecular flexibility index (Phi) is 9.64. The van der Waals surface area contributed by atoms with Crippen molar-refractivity contribution in [2.24, 2.45) is 0 Å². The van der Waals surface area contributed by atoms with Crippen molar-refractivity contribution in [3.8, 4) is 17.2 Å². The Balaban J connectivity index is 1.41. The summed E-state index contributed by atoms with van der Waals surface area (Å²) in [5, 5.41) is 4.89. The first kappa shape index (κ1) is 29.2. The maximum Gasteiger partial charge on any atom is 0.294 e. The van der Waals surface area contributed by atoms with Gasteiger partial charge in [-0.3, -0.25) is 24.1 Å². The fourth-order valence-corrected chi connectivity index (χ4v) is 4.77. The predicted molar refractivity (Wildman–Crippen MR) is 157 cm³/mol. The number of amides is 4. The summed E-state index contributed by atoms with van der Waals surface area (Å²) < 4.78 is 16.6. The van der Waals surface area contributed by atoms with Gasteiger partial charge in [0, 0.05) is 5.69 Å². The van der Waals surface area contributed by atoms with Gasteiger partial charge in [-0.2, -0.15) is 0 Å². The lowest BCUT2D eigenvalue weighted by molar-refractivity contribution is -0.127. The highest BCUT2D eigenvalue weighted by atomic mass is 32.2. The Hall–Kier alpha value is -4.77. The number of benzene rings is 3. The Bertz CT molecular complexity index is 1500. The number of nitrogens with one attached hydrogen (secondary N) is 2. The van der Waals surface area contributed by atoms with E-state index in [0.29, 0.717) is 40.8 Å². The molecular formula is C30H29N3O7S. The number of carbonyl (C=O) groups excluding carboxylic acids is 4. The van der Waals surface area contributed by atoms with Crippen molar-refractivity contribution in [2.75, 3.05) is 37.5 Å². The zero-order valence-corrected chi connectivity index (χ0v) is 23.6. The Labute approximate surface area is 241 Å². The van der Waals surface area contributed by atoms with E-state index in [1.165, 1.54) is 7.11 Å². The van der Waals surface area contributed by atoms with Crippen LogP contribution in [0.25, 0.3) is 6.08 Å². The maximum atomic E-state index is 13.0. The molecule has 1 aliphatic heterocycles. The molecule has 2 N–H and O–H groups in total. The van der Waals surface area contributed by atoms with Crippen LogP contribution in [0.1, 0.15) is 18.1 Å². The number of hydrogen-bond acceptors (Lipinski definition) is 8. The molecule has 1 saturated heterocycles. The molecule has 0 aliphatic carbocycles. The number of thioether (sulfide) groups is 1. The third-order valence-electron chi connectivity index (χ3n) is 5.78. The Morgan fingerprint density at radius 1 is 0.902 bits per heavy atom. The maximum absolute atomic E-state index is 13.0. The lowest BCUT2D eigenvalue weighted by atomic mass is 10.2. The summed E-state index contributed by atoms with van der Waals surface area (Å²) in [5.74, 6) is -0.264. The van der Waals surface area contributed by atoms with Crippen molar-refractivity contribution in [1.82, 2.24) is 4.90 Å². The SMILES string of the molecule is CCOc1cc(/C=C2/SC(=O)N(CC(=O)Nc3ccccc3OC)C2=O)ccc1OCC(=O)Nc1cccc(C)c1. The molecule has 11 heteroatoms. The molecule has 0 atom stereocenters. The first-order chi connectivity index (χ1) is 19.8. The van der Waals surface area contributed by atoms with E-state index in [2.05, 4.69) is 10.6 Å². The van der Waals surface area contributed by atoms with Crippen LogP contribution in [-0.4, -0.2) is 54.7 Å². The zero-order valence-electron chi connectivity index (χ0n) is 22.8. The van der Waals surface area contributed by atoms with Gasteiger partial charge in [0.1, 0.15) is 12.3 Å². The summed E-state index contributed by atoms with van der Waals surface area (Å²) in [6.07, 6.45) is 1.54. The van der Waals surface area contributed by atoms with Gasteiger partial charge in [-0.1, -0.05) is 30.3 Å². The average Bonchev–Trinajstić information content (AvgIpc) is 3.20. The molecule has 3 aromatic carbocycles. The van der Waals surface area contributed by atoms with E-state index in [1.54, 1.807) is 54.6 Å². The second-order valence-corrected chi connectivity index (χ2v) is 9.86. The Morgan fingerprint density at radius 2 is 1.71 bits per heavy atom. The summed E-state index contributed by atoms with van der Waals surface area (Å²) in [7, 11) is 1.48. The molecule has 0 spiro atoms. The summed E-state index contributed by atoms with van der Waals surface area (Å²) in [6, 6.07) is 19.2. The number of ether oxygens (including phenoxy) is 3. The number of rotatable bonds is 11. The van der Waals surface area contributed by atoms with Crippen LogP contribution in [-0.2, 0) is 14.4 Å². The monoisotopic (exact) mass is 575 g/mol. The molecule has 0 unspecified atom stereocenters. The molecule has 10 nitrogen and oxygen atoms in total. The molecule has 1 heterocycles. The normalized spacial score (nSPS) is 13.7. The largest absolute Gasteiger partial charge is 0.495 e. The third-order valence-corrected chi connectivity index (χ3v) is 6.69. The Morgan fingerprint density at radius 3 is 2.46 bits per heavy atom. The van der Waals surface area contributed by atoms with E-state index in [9.17, 15) is 19.2 Å². The highest BCUT2D eigenvalue weighted by Gasteiger charge is 2.36. The molecule has 41 heavy (non-hydrogen) atoms. The molecule has 1 aliphatic rings. The lowest BCUT2D eigenvalue weighted by Crippen LogP contribution is -2.36. The van der Waals surface area contributed by atoms with Crippen molar-refractivity contribution >= 4 is 52.2 Å². The quantitative estimate of drug-likeness (QED) is 0.303. The van der Waals surface area contributed by atoms with E-state index >= 15 is 0 Å². The van der Waals surface area contributed by atoms with Gasteiger partial charge in [0.05, 0.1) is 24.3 Å². The van der Waals surface area contributed by atoms with Gasteiger partial charge in [0.25, 0.3) is 17.1 Å². The van der Waals surface area contributed by atoms with Gasteiger partial charge < -0.3 is 24.8 Å². The van der Waals surface area contributed by atoms with E-state index in [4.69, 9.17) is 14.2 Å². The van der Waals surface area contributed by atoms with Crippen molar-refractivity contribution in [1.29, 1.82) is 0 Å². The van der Waals surface area contributed by atoms with Crippen LogP contribution in [0, 0.1) is 6.92 Å². The van der Waals surface area contributed by atoms with Gasteiger partial charge in [-0.25, -0.2) is 0 Å². The first-order valence-corrected chi connectivity index (χ1v) is 13.5. The van der Waals surface area contributed by atoms with Crippen LogP contribution in [0.15, 0.2) is 71.6 Å². The van der Waals surface area contributed by atoms with Crippen molar-refractivity contribution in [3.63, 3.8) is 0 Å². The van der Waals surface area contributed by atoms with Crippen molar-refractivity contribution in [2.45, 2.75) is 13.8 Å². The average molecular weight is 576 g/mol. The van der Waals surface area contributed by atoms with Crippen LogP contribution < -0.4 is 24.8 Å². The number of nitrogens with zero attached hydrogens (tertiary/aromatic N) is 1. The molecule has 1 fully saturated rings.